The maximum atomic E-state index is 5.21. The van der Waals surface area contributed by atoms with Crippen molar-refractivity contribution in [1.29, 1.82) is 0 Å². The molecule has 0 aliphatic rings. The molecule has 0 radical (unpaired) electrons. The van der Waals surface area contributed by atoms with Crippen molar-refractivity contribution in [3.8, 4) is 5.75 Å². The minimum absolute atomic E-state index is 0.912. The van der Waals surface area contributed by atoms with E-state index in [4.69, 9.17) is 4.18 Å². The summed E-state index contributed by atoms with van der Waals surface area (Å²) in [7, 11) is 0. The van der Waals surface area contributed by atoms with Crippen LogP contribution in [-0.2, 0) is 0 Å². The van der Waals surface area contributed by atoms with Gasteiger partial charge < -0.3 is 4.18 Å². The summed E-state index contributed by atoms with van der Waals surface area (Å²) in [4.78, 5) is 1.26. The Morgan fingerprint density at radius 2 is 1.73 bits per heavy atom. The molecule has 0 bridgehead atoms. The lowest BCUT2D eigenvalue weighted by Gasteiger charge is -2.00. The van der Waals surface area contributed by atoms with Crippen LogP contribution in [-0.4, -0.2) is 12.5 Å². The molecule has 11 heavy (non-hydrogen) atoms. The molecule has 1 nitrogen and oxygen atoms in total. The van der Waals surface area contributed by atoms with Crippen molar-refractivity contribution in [2.24, 2.45) is 0 Å². The fraction of sp³-hybridized carbons (Fsp3) is 0.250. The summed E-state index contributed by atoms with van der Waals surface area (Å²) >= 11 is 3.09. The normalized spacial score (nSPS) is 9.64. The van der Waals surface area contributed by atoms with E-state index in [9.17, 15) is 0 Å². The minimum atomic E-state index is 0.912. The second-order valence-electron chi connectivity index (χ2n) is 1.93. The topological polar surface area (TPSA) is 9.23 Å². The molecule has 0 N–H and O–H groups in total. The van der Waals surface area contributed by atoms with Gasteiger partial charge >= 0.3 is 0 Å². The molecule has 0 spiro atoms. The van der Waals surface area contributed by atoms with Gasteiger partial charge in [0.25, 0.3) is 0 Å². The number of hydrogen-bond donors (Lipinski definition) is 0. The van der Waals surface area contributed by atoms with E-state index < -0.39 is 0 Å². The molecule has 3 heteroatoms. The molecule has 0 atom stereocenters. The number of hydrogen-bond acceptors (Lipinski definition) is 3. The van der Waals surface area contributed by atoms with E-state index >= 15 is 0 Å². The van der Waals surface area contributed by atoms with E-state index in [1.165, 1.54) is 16.9 Å². The highest BCUT2D eigenvalue weighted by molar-refractivity contribution is 7.98. The highest BCUT2D eigenvalue weighted by Gasteiger charge is 1.92. The third-order valence-electron chi connectivity index (χ3n) is 1.24. The van der Waals surface area contributed by atoms with E-state index in [-0.39, 0.29) is 0 Å². The van der Waals surface area contributed by atoms with Crippen LogP contribution < -0.4 is 4.18 Å². The molecular weight excluding hydrogens is 176 g/mol. The monoisotopic (exact) mass is 186 g/mol. The van der Waals surface area contributed by atoms with Crippen molar-refractivity contribution < 1.29 is 4.18 Å². The van der Waals surface area contributed by atoms with Crippen molar-refractivity contribution in [2.45, 2.75) is 4.90 Å². The van der Waals surface area contributed by atoms with Gasteiger partial charge in [0.15, 0.2) is 0 Å². The Hall–Kier alpha value is -0.280. The highest BCUT2D eigenvalue weighted by Crippen LogP contribution is 2.20. The van der Waals surface area contributed by atoms with Crippen molar-refractivity contribution in [3.05, 3.63) is 24.3 Å². The lowest BCUT2D eigenvalue weighted by atomic mass is 10.3. The van der Waals surface area contributed by atoms with Gasteiger partial charge in [-0.25, -0.2) is 0 Å². The van der Waals surface area contributed by atoms with Gasteiger partial charge in [0.05, 0.1) is 12.0 Å². The zero-order valence-electron chi connectivity index (χ0n) is 6.53. The van der Waals surface area contributed by atoms with Gasteiger partial charge in [0, 0.05) is 11.2 Å². The fourth-order valence-corrected chi connectivity index (χ4v) is 1.44. The zero-order chi connectivity index (χ0) is 8.10. The number of benzene rings is 1. The first kappa shape index (κ1) is 8.81. The molecule has 1 rings (SSSR count). The van der Waals surface area contributed by atoms with Gasteiger partial charge in [-0.15, -0.1) is 11.8 Å². The molecule has 0 aliphatic heterocycles. The van der Waals surface area contributed by atoms with E-state index in [2.05, 4.69) is 18.4 Å². The number of rotatable bonds is 3. The standard InChI is InChI=1S/C8H10OS2/c1-10-8-5-3-7(4-6-8)9-11-2/h3-6H,1-2H3. The maximum absolute atomic E-state index is 5.21. The molecular formula is C8H10OS2. The molecule has 0 heterocycles. The summed E-state index contributed by atoms with van der Waals surface area (Å²) in [5.41, 5.74) is 0. The Morgan fingerprint density at radius 1 is 1.09 bits per heavy atom. The van der Waals surface area contributed by atoms with Gasteiger partial charge in [-0.1, -0.05) is 0 Å². The summed E-state index contributed by atoms with van der Waals surface area (Å²) in [6.45, 7) is 0. The van der Waals surface area contributed by atoms with E-state index in [0.717, 1.165) is 5.75 Å². The molecule has 0 amide bonds. The van der Waals surface area contributed by atoms with E-state index in [1.54, 1.807) is 11.8 Å². The molecule has 60 valence electrons. The van der Waals surface area contributed by atoms with Crippen molar-refractivity contribution in [1.82, 2.24) is 0 Å². The minimum Gasteiger partial charge on any atom is -0.426 e. The number of thioether (sulfide) groups is 1. The molecule has 0 aromatic heterocycles. The smallest absolute Gasteiger partial charge is 0.137 e. The third-order valence-corrected chi connectivity index (χ3v) is 2.34. The van der Waals surface area contributed by atoms with Crippen LogP contribution in [0.3, 0.4) is 0 Å². The SMILES string of the molecule is CSOc1ccc(SC)cc1. The molecule has 1 aromatic rings. The lowest BCUT2D eigenvalue weighted by molar-refractivity contribution is 0.649. The van der Waals surface area contributed by atoms with Crippen LogP contribution in [0.4, 0.5) is 0 Å². The van der Waals surface area contributed by atoms with Crippen LogP contribution in [0, 0.1) is 0 Å². The molecule has 0 unspecified atom stereocenters. The average Bonchev–Trinajstić information content (AvgIpc) is 2.07. The van der Waals surface area contributed by atoms with Crippen LogP contribution >= 0.6 is 23.8 Å². The Bertz CT molecular complexity index is 208. The Morgan fingerprint density at radius 3 is 2.18 bits per heavy atom. The largest absolute Gasteiger partial charge is 0.426 e. The molecule has 0 fully saturated rings. The first-order valence-corrected chi connectivity index (χ1v) is 5.59. The summed E-state index contributed by atoms with van der Waals surface area (Å²) < 4.78 is 5.21. The predicted molar refractivity (Wildman–Crippen MR) is 52.4 cm³/mol. The Kier molecular flexibility index (Phi) is 3.66. The first-order valence-electron chi connectivity index (χ1n) is 3.21. The summed E-state index contributed by atoms with van der Waals surface area (Å²) in [6, 6.07) is 8.05. The van der Waals surface area contributed by atoms with Crippen LogP contribution in [0.1, 0.15) is 0 Å². The first-order chi connectivity index (χ1) is 5.36. The van der Waals surface area contributed by atoms with Gasteiger partial charge in [-0.2, -0.15) is 0 Å². The van der Waals surface area contributed by atoms with Gasteiger partial charge in [-0.3, -0.25) is 0 Å². The summed E-state index contributed by atoms with van der Waals surface area (Å²) in [5.74, 6) is 0.912. The molecule has 0 saturated heterocycles. The quantitative estimate of drug-likeness (QED) is 0.530. The highest BCUT2D eigenvalue weighted by atomic mass is 32.2. The molecule has 0 aliphatic carbocycles. The Balaban J connectivity index is 2.66. The fourth-order valence-electron chi connectivity index (χ4n) is 0.728. The Labute approximate surface area is 75.7 Å². The summed E-state index contributed by atoms with van der Waals surface area (Å²) in [5, 5.41) is 0. The predicted octanol–water partition coefficient (Wildman–Crippen LogP) is 3.07. The molecule has 1 aromatic carbocycles. The average molecular weight is 186 g/mol. The van der Waals surface area contributed by atoms with Crippen LogP contribution in [0.15, 0.2) is 29.2 Å². The van der Waals surface area contributed by atoms with Crippen LogP contribution in [0.5, 0.6) is 5.75 Å². The van der Waals surface area contributed by atoms with Gasteiger partial charge in [0.1, 0.15) is 5.75 Å². The van der Waals surface area contributed by atoms with Gasteiger partial charge in [-0.05, 0) is 30.5 Å². The third kappa shape index (κ3) is 2.67. The summed E-state index contributed by atoms with van der Waals surface area (Å²) in [6.07, 6.45) is 3.97. The van der Waals surface area contributed by atoms with Crippen LogP contribution in [0.25, 0.3) is 0 Å². The second-order valence-corrected chi connectivity index (χ2v) is 3.31. The van der Waals surface area contributed by atoms with Crippen molar-refractivity contribution in [3.63, 3.8) is 0 Å². The lowest BCUT2D eigenvalue weighted by Crippen LogP contribution is -1.77. The van der Waals surface area contributed by atoms with Crippen molar-refractivity contribution in [2.75, 3.05) is 12.5 Å². The maximum Gasteiger partial charge on any atom is 0.137 e. The zero-order valence-corrected chi connectivity index (χ0v) is 8.17. The van der Waals surface area contributed by atoms with Crippen LogP contribution in [0.2, 0.25) is 0 Å². The van der Waals surface area contributed by atoms with Crippen molar-refractivity contribution >= 4 is 23.8 Å². The van der Waals surface area contributed by atoms with Gasteiger partial charge in [0.2, 0.25) is 0 Å². The molecule has 0 saturated carbocycles. The van der Waals surface area contributed by atoms with E-state index in [0.29, 0.717) is 0 Å². The second kappa shape index (κ2) is 4.57. The van der Waals surface area contributed by atoms with E-state index in [1.807, 2.05) is 18.4 Å².